The summed E-state index contributed by atoms with van der Waals surface area (Å²) in [5, 5.41) is 0. The largest absolute Gasteiger partial charge is 0.379 e. The average molecular weight is 254 g/mol. The van der Waals surface area contributed by atoms with Crippen LogP contribution in [0.1, 0.15) is 45.4 Å². The Morgan fingerprint density at radius 3 is 2.44 bits per heavy atom. The minimum atomic E-state index is -0.287. The Morgan fingerprint density at radius 2 is 1.89 bits per heavy atom. The van der Waals surface area contributed by atoms with Gasteiger partial charge in [0.15, 0.2) is 0 Å². The monoisotopic (exact) mass is 254 g/mol. The highest BCUT2D eigenvalue weighted by Crippen LogP contribution is 2.29. The van der Waals surface area contributed by atoms with Crippen LogP contribution in [0.5, 0.6) is 0 Å². The summed E-state index contributed by atoms with van der Waals surface area (Å²) in [5.41, 5.74) is 5.49. The van der Waals surface area contributed by atoms with E-state index in [1.165, 1.54) is 25.7 Å². The van der Waals surface area contributed by atoms with Crippen molar-refractivity contribution in [3.8, 4) is 0 Å². The summed E-state index contributed by atoms with van der Waals surface area (Å²) in [6, 6.07) is 0.0489. The number of ether oxygens (including phenoxy) is 1. The molecular weight excluding hydrogens is 228 g/mol. The Balaban J connectivity index is 1.70. The second-order valence-corrected chi connectivity index (χ2v) is 5.96. The maximum Gasteiger partial charge on any atom is 0.315 e. The van der Waals surface area contributed by atoms with Gasteiger partial charge in [-0.05, 0) is 50.4 Å². The van der Waals surface area contributed by atoms with Crippen LogP contribution < -0.4 is 5.73 Å². The van der Waals surface area contributed by atoms with Crippen molar-refractivity contribution in [1.29, 1.82) is 0 Å². The summed E-state index contributed by atoms with van der Waals surface area (Å²) in [5.74, 6) is 1.57. The van der Waals surface area contributed by atoms with E-state index in [0.717, 1.165) is 31.3 Å². The van der Waals surface area contributed by atoms with Crippen LogP contribution in [-0.2, 0) is 4.74 Å². The van der Waals surface area contributed by atoms with E-state index in [9.17, 15) is 4.79 Å². The maximum absolute atomic E-state index is 11.5. The molecule has 0 unspecified atom stereocenters. The van der Waals surface area contributed by atoms with Crippen LogP contribution in [0, 0.1) is 11.8 Å². The van der Waals surface area contributed by atoms with E-state index in [0.29, 0.717) is 19.2 Å². The molecule has 0 radical (unpaired) electrons. The van der Waals surface area contributed by atoms with E-state index in [1.54, 1.807) is 0 Å². The fourth-order valence-electron chi connectivity index (χ4n) is 2.72. The molecule has 2 rings (SSSR count). The van der Waals surface area contributed by atoms with Gasteiger partial charge >= 0.3 is 6.03 Å². The van der Waals surface area contributed by atoms with E-state index >= 15 is 0 Å². The lowest BCUT2D eigenvalue weighted by Gasteiger charge is -2.35. The highest BCUT2D eigenvalue weighted by molar-refractivity contribution is 5.72. The second kappa shape index (κ2) is 6.41. The van der Waals surface area contributed by atoms with Gasteiger partial charge in [0.1, 0.15) is 0 Å². The molecule has 0 spiro atoms. The first kappa shape index (κ1) is 13.7. The van der Waals surface area contributed by atoms with Crippen molar-refractivity contribution in [2.75, 3.05) is 19.8 Å². The third kappa shape index (κ3) is 4.16. The van der Waals surface area contributed by atoms with Gasteiger partial charge < -0.3 is 15.4 Å². The Hall–Kier alpha value is -0.770. The summed E-state index contributed by atoms with van der Waals surface area (Å²) in [6.07, 6.45) is 7.20. The number of nitrogens with two attached hydrogens (primary N) is 1. The first-order chi connectivity index (χ1) is 8.66. The average Bonchev–Trinajstić information content (AvgIpc) is 3.14. The minimum Gasteiger partial charge on any atom is -0.379 e. The third-order valence-corrected chi connectivity index (χ3v) is 4.24. The predicted octanol–water partition coefficient (Wildman–Crippen LogP) is 2.37. The first-order valence-electron chi connectivity index (χ1n) is 7.30. The Kier molecular flexibility index (Phi) is 4.87. The summed E-state index contributed by atoms with van der Waals surface area (Å²) in [6.45, 7) is 4.42. The molecule has 2 aliphatic rings. The Labute approximate surface area is 110 Å². The second-order valence-electron chi connectivity index (χ2n) is 5.96. The molecule has 18 heavy (non-hydrogen) atoms. The lowest BCUT2D eigenvalue weighted by atomic mass is 9.86. The van der Waals surface area contributed by atoms with Gasteiger partial charge in [-0.15, -0.1) is 0 Å². The predicted molar refractivity (Wildman–Crippen MR) is 71.3 cm³/mol. The zero-order valence-corrected chi connectivity index (χ0v) is 11.4. The summed E-state index contributed by atoms with van der Waals surface area (Å²) >= 11 is 0. The molecule has 4 heteroatoms. The van der Waals surface area contributed by atoms with Crippen LogP contribution >= 0.6 is 0 Å². The zero-order valence-electron chi connectivity index (χ0n) is 11.4. The Morgan fingerprint density at radius 1 is 1.22 bits per heavy atom. The zero-order chi connectivity index (χ0) is 13.0. The van der Waals surface area contributed by atoms with Gasteiger partial charge in [0.2, 0.25) is 0 Å². The van der Waals surface area contributed by atoms with E-state index in [4.69, 9.17) is 10.5 Å². The van der Waals surface area contributed by atoms with Gasteiger partial charge in [-0.2, -0.15) is 0 Å². The summed E-state index contributed by atoms with van der Waals surface area (Å²) < 4.78 is 5.60. The van der Waals surface area contributed by atoms with Crippen molar-refractivity contribution in [2.45, 2.75) is 51.5 Å². The number of carbonyl (C=O) groups is 1. The number of rotatable bonds is 6. The number of urea groups is 1. The molecule has 4 nitrogen and oxygen atoms in total. The van der Waals surface area contributed by atoms with E-state index in [1.807, 2.05) is 4.90 Å². The molecule has 2 N–H and O–H groups in total. The van der Waals surface area contributed by atoms with Crippen molar-refractivity contribution in [2.24, 2.45) is 17.6 Å². The van der Waals surface area contributed by atoms with Gasteiger partial charge in [0.05, 0.1) is 6.61 Å². The van der Waals surface area contributed by atoms with Crippen LogP contribution in [0.15, 0.2) is 0 Å². The minimum absolute atomic E-state index is 0.287. The number of hydrogen-bond donors (Lipinski definition) is 1. The van der Waals surface area contributed by atoms with Crippen molar-refractivity contribution in [3.05, 3.63) is 0 Å². The van der Waals surface area contributed by atoms with Crippen LogP contribution in [0.2, 0.25) is 0 Å². The van der Waals surface area contributed by atoms with Crippen molar-refractivity contribution < 1.29 is 9.53 Å². The van der Waals surface area contributed by atoms with Crippen molar-refractivity contribution >= 4 is 6.03 Å². The highest BCUT2D eigenvalue weighted by atomic mass is 16.5. The molecule has 0 saturated heterocycles. The molecule has 2 amide bonds. The molecule has 0 atom stereocenters. The standard InChI is InChI=1S/C14H26N2O2/c1-11-2-6-13(7-3-11)16(14(15)17)8-9-18-10-12-4-5-12/h11-13H,2-10H2,1H3,(H2,15,17). The first-order valence-corrected chi connectivity index (χ1v) is 7.30. The highest BCUT2D eigenvalue weighted by Gasteiger charge is 2.26. The van der Waals surface area contributed by atoms with Crippen LogP contribution in [0.4, 0.5) is 4.79 Å². The molecule has 2 saturated carbocycles. The van der Waals surface area contributed by atoms with E-state index in [2.05, 4.69) is 6.92 Å². The Bertz CT molecular complexity index is 271. The number of primary amides is 1. The normalized spacial score (nSPS) is 28.1. The van der Waals surface area contributed by atoms with Gasteiger partial charge in [-0.3, -0.25) is 0 Å². The number of hydrogen-bond acceptors (Lipinski definition) is 2. The molecule has 0 heterocycles. The van der Waals surface area contributed by atoms with Gasteiger partial charge in [-0.25, -0.2) is 4.79 Å². The molecule has 104 valence electrons. The fraction of sp³-hybridized carbons (Fsp3) is 0.929. The topological polar surface area (TPSA) is 55.6 Å². The van der Waals surface area contributed by atoms with Gasteiger partial charge in [-0.1, -0.05) is 6.92 Å². The smallest absolute Gasteiger partial charge is 0.315 e. The summed E-state index contributed by atoms with van der Waals surface area (Å²) in [4.78, 5) is 13.3. The number of nitrogens with zero attached hydrogens (tertiary/aromatic N) is 1. The van der Waals surface area contributed by atoms with Gasteiger partial charge in [0, 0.05) is 19.2 Å². The van der Waals surface area contributed by atoms with Crippen LogP contribution in [-0.4, -0.2) is 36.7 Å². The molecule has 0 aromatic rings. The maximum atomic E-state index is 11.5. The van der Waals surface area contributed by atoms with Crippen molar-refractivity contribution in [1.82, 2.24) is 4.90 Å². The molecule has 2 aliphatic carbocycles. The SMILES string of the molecule is CC1CCC(N(CCOCC2CC2)C(N)=O)CC1. The summed E-state index contributed by atoms with van der Waals surface area (Å²) in [7, 11) is 0. The molecule has 0 bridgehead atoms. The third-order valence-electron chi connectivity index (χ3n) is 4.24. The van der Waals surface area contributed by atoms with Crippen LogP contribution in [0.25, 0.3) is 0 Å². The number of carbonyl (C=O) groups excluding carboxylic acids is 1. The lowest BCUT2D eigenvalue weighted by Crippen LogP contribution is -2.46. The molecule has 0 aromatic carbocycles. The molecule has 2 fully saturated rings. The molecule has 0 aromatic heterocycles. The lowest BCUT2D eigenvalue weighted by molar-refractivity contribution is 0.0832. The van der Waals surface area contributed by atoms with E-state index in [-0.39, 0.29) is 6.03 Å². The van der Waals surface area contributed by atoms with E-state index < -0.39 is 0 Å². The quantitative estimate of drug-likeness (QED) is 0.740. The number of amides is 2. The molecule has 0 aliphatic heterocycles. The van der Waals surface area contributed by atoms with Crippen molar-refractivity contribution in [3.63, 3.8) is 0 Å². The van der Waals surface area contributed by atoms with Gasteiger partial charge in [0.25, 0.3) is 0 Å². The molecular formula is C14H26N2O2. The van der Waals surface area contributed by atoms with Crippen LogP contribution in [0.3, 0.4) is 0 Å². The fourth-order valence-corrected chi connectivity index (χ4v) is 2.72.